The molecule has 0 aliphatic carbocycles. The Kier molecular flexibility index (Phi) is 8.63. The Hall–Kier alpha value is -3.01. The number of carbonyl (C=O) groups is 1. The predicted molar refractivity (Wildman–Crippen MR) is 141 cm³/mol. The van der Waals surface area contributed by atoms with Gasteiger partial charge in [-0.2, -0.15) is 13.2 Å². The van der Waals surface area contributed by atoms with E-state index in [0.29, 0.717) is 45.8 Å². The average Bonchev–Trinajstić information content (AvgIpc) is 3.34. The Morgan fingerprint density at radius 2 is 1.69 bits per heavy atom. The summed E-state index contributed by atoms with van der Waals surface area (Å²) in [6, 6.07) is 12.8. The molecule has 1 aliphatic heterocycles. The first-order valence-corrected chi connectivity index (χ1v) is 12.7. The standard InChI is InChI=1S/C28H26Cl2F4N2O3/c1-35(13-16-4-7-20(23(31)10-16)28(32,33)34)24-15-36(14-19(24)17-5-8-21(29)22(30)11-17)27(37)18-6-9-25(38-2)26(12-18)39-3/h4-12,19,24H,13-15H2,1-3H3/t19-,24-/m1/s1. The van der Waals surface area contributed by atoms with Gasteiger partial charge in [0.15, 0.2) is 11.5 Å². The highest BCUT2D eigenvalue weighted by atomic mass is 35.5. The lowest BCUT2D eigenvalue weighted by Gasteiger charge is -2.29. The fourth-order valence-corrected chi connectivity index (χ4v) is 5.22. The lowest BCUT2D eigenvalue weighted by atomic mass is 9.93. The number of hydrogen-bond donors (Lipinski definition) is 0. The summed E-state index contributed by atoms with van der Waals surface area (Å²) in [5, 5.41) is 0.756. The molecule has 1 aliphatic rings. The van der Waals surface area contributed by atoms with Gasteiger partial charge in [-0.1, -0.05) is 35.3 Å². The second kappa shape index (κ2) is 11.6. The zero-order chi connectivity index (χ0) is 28.5. The molecule has 0 aromatic heterocycles. The van der Waals surface area contributed by atoms with Crippen molar-refractivity contribution >= 4 is 29.1 Å². The van der Waals surface area contributed by atoms with E-state index in [4.69, 9.17) is 32.7 Å². The van der Waals surface area contributed by atoms with Crippen molar-refractivity contribution in [3.8, 4) is 11.5 Å². The molecule has 208 valence electrons. The van der Waals surface area contributed by atoms with Crippen LogP contribution >= 0.6 is 23.2 Å². The molecule has 11 heteroatoms. The van der Waals surface area contributed by atoms with Crippen molar-refractivity contribution < 1.29 is 31.8 Å². The monoisotopic (exact) mass is 584 g/mol. The second-order valence-electron chi connectivity index (χ2n) is 9.35. The normalized spacial score (nSPS) is 17.5. The lowest BCUT2D eigenvalue weighted by molar-refractivity contribution is -0.140. The summed E-state index contributed by atoms with van der Waals surface area (Å²) in [5.41, 5.74) is 0.326. The van der Waals surface area contributed by atoms with E-state index in [1.165, 1.54) is 20.3 Å². The smallest absolute Gasteiger partial charge is 0.419 e. The van der Waals surface area contributed by atoms with Crippen LogP contribution in [0.4, 0.5) is 17.6 Å². The maximum Gasteiger partial charge on any atom is 0.419 e. The summed E-state index contributed by atoms with van der Waals surface area (Å²) in [4.78, 5) is 17.1. The summed E-state index contributed by atoms with van der Waals surface area (Å²) < 4.78 is 63.9. The quantitative estimate of drug-likeness (QED) is 0.283. The first kappa shape index (κ1) is 29.0. The van der Waals surface area contributed by atoms with E-state index in [-0.39, 0.29) is 24.4 Å². The van der Waals surface area contributed by atoms with Gasteiger partial charge >= 0.3 is 6.18 Å². The van der Waals surface area contributed by atoms with E-state index in [2.05, 4.69) is 0 Å². The maximum atomic E-state index is 14.2. The van der Waals surface area contributed by atoms with Crippen molar-refractivity contribution in [3.05, 3.63) is 92.7 Å². The molecular weight excluding hydrogens is 559 g/mol. The highest BCUT2D eigenvalue weighted by molar-refractivity contribution is 6.42. The zero-order valence-electron chi connectivity index (χ0n) is 21.4. The summed E-state index contributed by atoms with van der Waals surface area (Å²) in [6.07, 6.45) is -4.77. The maximum absolute atomic E-state index is 14.2. The number of likely N-dealkylation sites (N-methyl/N-ethyl adjacent to an activating group) is 1. The van der Waals surface area contributed by atoms with E-state index < -0.39 is 17.6 Å². The number of amides is 1. The Bertz CT molecular complexity index is 1370. The third-order valence-electron chi connectivity index (χ3n) is 6.92. The van der Waals surface area contributed by atoms with Gasteiger partial charge in [0.2, 0.25) is 0 Å². The molecule has 0 unspecified atom stereocenters. The van der Waals surface area contributed by atoms with E-state index in [1.807, 2.05) is 11.0 Å². The molecule has 0 spiro atoms. The molecule has 4 rings (SSSR count). The first-order chi connectivity index (χ1) is 18.4. The number of methoxy groups -OCH3 is 2. The fourth-order valence-electron chi connectivity index (χ4n) is 4.91. The van der Waals surface area contributed by atoms with Gasteiger partial charge in [-0.15, -0.1) is 0 Å². The number of rotatable bonds is 7. The molecule has 2 atom stereocenters. The number of likely N-dealkylation sites (tertiary alicyclic amines) is 1. The predicted octanol–water partition coefficient (Wildman–Crippen LogP) is 6.91. The number of ether oxygens (including phenoxy) is 2. The van der Waals surface area contributed by atoms with Crippen LogP contribution in [0, 0.1) is 5.82 Å². The Morgan fingerprint density at radius 1 is 0.974 bits per heavy atom. The number of alkyl halides is 3. The van der Waals surface area contributed by atoms with E-state index in [9.17, 15) is 22.4 Å². The molecule has 0 radical (unpaired) electrons. The van der Waals surface area contributed by atoms with Gasteiger partial charge in [0.05, 0.1) is 29.8 Å². The van der Waals surface area contributed by atoms with Crippen molar-refractivity contribution in [2.75, 3.05) is 34.4 Å². The van der Waals surface area contributed by atoms with Crippen LogP contribution in [0.25, 0.3) is 0 Å². The van der Waals surface area contributed by atoms with Gasteiger partial charge in [-0.25, -0.2) is 4.39 Å². The van der Waals surface area contributed by atoms with Crippen molar-refractivity contribution in [3.63, 3.8) is 0 Å². The van der Waals surface area contributed by atoms with Crippen LogP contribution in [-0.2, 0) is 12.7 Å². The summed E-state index contributed by atoms with van der Waals surface area (Å²) >= 11 is 12.4. The highest BCUT2D eigenvalue weighted by Crippen LogP contribution is 2.37. The molecule has 3 aromatic carbocycles. The first-order valence-electron chi connectivity index (χ1n) is 11.9. The van der Waals surface area contributed by atoms with Crippen LogP contribution in [0.5, 0.6) is 11.5 Å². The molecule has 1 fully saturated rings. The topological polar surface area (TPSA) is 42.0 Å². The van der Waals surface area contributed by atoms with Gasteiger partial charge in [0.25, 0.3) is 5.91 Å². The SMILES string of the molecule is COc1ccc(C(=O)N2C[C@H](c3ccc(Cl)c(Cl)c3)[C@H](N(C)Cc3ccc(C(F)(F)F)c(F)c3)C2)cc1OC. The van der Waals surface area contributed by atoms with Crippen molar-refractivity contribution in [1.82, 2.24) is 9.80 Å². The molecule has 0 bridgehead atoms. The minimum atomic E-state index is -4.77. The third kappa shape index (κ3) is 6.26. The molecule has 1 heterocycles. The fraction of sp³-hybridized carbons (Fsp3) is 0.321. The van der Waals surface area contributed by atoms with Crippen molar-refractivity contribution in [1.29, 1.82) is 0 Å². The van der Waals surface area contributed by atoms with Gasteiger partial charge in [0, 0.05) is 37.2 Å². The summed E-state index contributed by atoms with van der Waals surface area (Å²) in [7, 11) is 4.77. The van der Waals surface area contributed by atoms with E-state index in [0.717, 1.165) is 17.7 Å². The Labute approximate surface area is 233 Å². The Morgan fingerprint density at radius 3 is 2.31 bits per heavy atom. The van der Waals surface area contributed by atoms with Gasteiger partial charge in [-0.05, 0) is 60.6 Å². The Balaban J connectivity index is 1.62. The molecule has 1 saturated heterocycles. The highest BCUT2D eigenvalue weighted by Gasteiger charge is 2.39. The minimum Gasteiger partial charge on any atom is -0.493 e. The van der Waals surface area contributed by atoms with Gasteiger partial charge in [0.1, 0.15) is 5.82 Å². The average molecular weight is 585 g/mol. The van der Waals surface area contributed by atoms with Crippen LogP contribution in [-0.4, -0.2) is 56.1 Å². The van der Waals surface area contributed by atoms with Crippen LogP contribution < -0.4 is 9.47 Å². The number of carbonyl (C=O) groups excluding carboxylic acids is 1. The molecular formula is C28H26Cl2F4N2O3. The molecule has 39 heavy (non-hydrogen) atoms. The van der Waals surface area contributed by atoms with E-state index >= 15 is 0 Å². The van der Waals surface area contributed by atoms with Crippen LogP contribution in [0.15, 0.2) is 54.6 Å². The molecule has 5 nitrogen and oxygen atoms in total. The number of benzene rings is 3. The zero-order valence-corrected chi connectivity index (χ0v) is 22.9. The second-order valence-corrected chi connectivity index (χ2v) is 10.2. The molecule has 0 N–H and O–H groups in total. The molecule has 0 saturated carbocycles. The van der Waals surface area contributed by atoms with Crippen molar-refractivity contribution in [2.45, 2.75) is 24.7 Å². The van der Waals surface area contributed by atoms with Crippen LogP contribution in [0.1, 0.15) is 33.0 Å². The van der Waals surface area contributed by atoms with E-state index in [1.54, 1.807) is 42.3 Å². The van der Waals surface area contributed by atoms with Crippen LogP contribution in [0.2, 0.25) is 10.0 Å². The van der Waals surface area contributed by atoms with Crippen molar-refractivity contribution in [2.24, 2.45) is 0 Å². The molecule has 3 aromatic rings. The van der Waals surface area contributed by atoms with Gasteiger partial charge in [-0.3, -0.25) is 9.69 Å². The molecule has 1 amide bonds. The van der Waals surface area contributed by atoms with Crippen LogP contribution in [0.3, 0.4) is 0 Å². The minimum absolute atomic E-state index is 0.163. The third-order valence-corrected chi connectivity index (χ3v) is 7.65. The number of halogens is 6. The summed E-state index contributed by atoms with van der Waals surface area (Å²) in [6.45, 7) is 0.829. The number of nitrogens with zero attached hydrogens (tertiary/aromatic N) is 2. The largest absolute Gasteiger partial charge is 0.493 e. The number of hydrogen-bond acceptors (Lipinski definition) is 4. The van der Waals surface area contributed by atoms with Gasteiger partial charge < -0.3 is 14.4 Å². The summed E-state index contributed by atoms with van der Waals surface area (Å²) in [5.74, 6) is -0.844. The lowest BCUT2D eigenvalue weighted by Crippen LogP contribution is -2.38.